The lowest BCUT2D eigenvalue weighted by atomic mass is 9.89. The van der Waals surface area contributed by atoms with Gasteiger partial charge in [-0.2, -0.15) is 0 Å². The number of carbonyl (C=O) groups excluding carboxylic acids is 1. The minimum Gasteiger partial charge on any atom is -0.481 e. The number of piperidine rings is 1. The van der Waals surface area contributed by atoms with Crippen molar-refractivity contribution in [3.05, 3.63) is 29.3 Å². The van der Waals surface area contributed by atoms with Crippen LogP contribution in [-0.2, 0) is 9.59 Å². The molecule has 23 heavy (non-hydrogen) atoms. The molecule has 0 radical (unpaired) electrons. The molecule has 3 unspecified atom stereocenters. The summed E-state index contributed by atoms with van der Waals surface area (Å²) in [5, 5.41) is 12.2. The summed E-state index contributed by atoms with van der Waals surface area (Å²) in [5.41, 5.74) is 3.01. The topological polar surface area (TPSA) is 69.6 Å². The summed E-state index contributed by atoms with van der Waals surface area (Å²) >= 11 is 0. The number of amides is 1. The van der Waals surface area contributed by atoms with Crippen molar-refractivity contribution in [2.75, 3.05) is 18.4 Å². The van der Waals surface area contributed by atoms with Crippen LogP contribution in [0.4, 0.5) is 5.69 Å². The van der Waals surface area contributed by atoms with Gasteiger partial charge in [0.2, 0.25) is 5.91 Å². The fourth-order valence-electron chi connectivity index (χ4n) is 3.18. The second kappa shape index (κ2) is 7.13. The van der Waals surface area contributed by atoms with Gasteiger partial charge in [0.05, 0.1) is 12.0 Å². The third-order valence-corrected chi connectivity index (χ3v) is 4.83. The number of nitrogens with zero attached hydrogens (tertiary/aromatic N) is 1. The predicted octanol–water partition coefficient (Wildman–Crippen LogP) is 2.67. The Hall–Kier alpha value is -1.88. The number of rotatable bonds is 4. The van der Waals surface area contributed by atoms with Crippen LogP contribution in [0.3, 0.4) is 0 Å². The molecule has 2 rings (SSSR count). The van der Waals surface area contributed by atoms with Crippen molar-refractivity contribution in [3.8, 4) is 0 Å². The van der Waals surface area contributed by atoms with Gasteiger partial charge in [-0.3, -0.25) is 14.5 Å². The minimum absolute atomic E-state index is 0.0862. The minimum atomic E-state index is -0.774. The summed E-state index contributed by atoms with van der Waals surface area (Å²) in [5.74, 6) is -0.976. The summed E-state index contributed by atoms with van der Waals surface area (Å²) in [6.45, 7) is 9.07. The third kappa shape index (κ3) is 4.10. The molecule has 1 amide bonds. The third-order valence-electron chi connectivity index (χ3n) is 4.83. The normalized spacial score (nSPS) is 23.3. The average Bonchev–Trinajstić information content (AvgIpc) is 2.50. The maximum Gasteiger partial charge on any atom is 0.307 e. The molecule has 0 aromatic heterocycles. The van der Waals surface area contributed by atoms with Gasteiger partial charge in [0, 0.05) is 18.8 Å². The largest absolute Gasteiger partial charge is 0.481 e. The summed E-state index contributed by atoms with van der Waals surface area (Å²) in [4.78, 5) is 25.8. The fraction of sp³-hybridized carbons (Fsp3) is 0.556. The first-order chi connectivity index (χ1) is 10.8. The van der Waals surface area contributed by atoms with Gasteiger partial charge in [-0.15, -0.1) is 0 Å². The lowest BCUT2D eigenvalue weighted by Gasteiger charge is -2.37. The van der Waals surface area contributed by atoms with Crippen LogP contribution in [0.25, 0.3) is 0 Å². The van der Waals surface area contributed by atoms with Gasteiger partial charge in [-0.05, 0) is 50.3 Å². The first kappa shape index (κ1) is 17.5. The van der Waals surface area contributed by atoms with Crippen LogP contribution in [0.5, 0.6) is 0 Å². The van der Waals surface area contributed by atoms with Crippen molar-refractivity contribution < 1.29 is 14.7 Å². The molecule has 5 nitrogen and oxygen atoms in total. The molecule has 1 aromatic rings. The van der Waals surface area contributed by atoms with E-state index in [0.29, 0.717) is 13.0 Å². The molecule has 1 aromatic carbocycles. The van der Waals surface area contributed by atoms with Crippen LogP contribution in [0, 0.1) is 25.7 Å². The van der Waals surface area contributed by atoms with Crippen molar-refractivity contribution in [3.63, 3.8) is 0 Å². The molecule has 126 valence electrons. The number of aliphatic carboxylic acids is 1. The van der Waals surface area contributed by atoms with E-state index < -0.39 is 11.9 Å². The van der Waals surface area contributed by atoms with E-state index in [1.807, 2.05) is 50.8 Å². The SMILES string of the molecule is Cc1cccc(NC(=O)C(C)N2CC(C)CC(C(=O)O)C2)c1C. The molecule has 2 N–H and O–H groups in total. The zero-order valence-corrected chi connectivity index (χ0v) is 14.3. The maximum absolute atomic E-state index is 12.6. The highest BCUT2D eigenvalue weighted by atomic mass is 16.4. The van der Waals surface area contributed by atoms with Gasteiger partial charge in [-0.1, -0.05) is 19.1 Å². The molecule has 1 saturated heterocycles. The summed E-state index contributed by atoms with van der Waals surface area (Å²) in [6, 6.07) is 5.48. The second-order valence-electron chi connectivity index (χ2n) is 6.74. The Balaban J connectivity index is 2.07. The van der Waals surface area contributed by atoms with Gasteiger partial charge < -0.3 is 10.4 Å². The predicted molar refractivity (Wildman–Crippen MR) is 90.5 cm³/mol. The first-order valence-electron chi connectivity index (χ1n) is 8.13. The van der Waals surface area contributed by atoms with E-state index in [4.69, 9.17) is 0 Å². The van der Waals surface area contributed by atoms with Gasteiger partial charge in [-0.25, -0.2) is 0 Å². The molecule has 1 heterocycles. The van der Waals surface area contributed by atoms with Crippen molar-refractivity contribution in [2.24, 2.45) is 11.8 Å². The number of benzene rings is 1. The Labute approximate surface area is 137 Å². The number of carboxylic acid groups (broad SMARTS) is 1. The van der Waals surface area contributed by atoms with Gasteiger partial charge in [0.25, 0.3) is 0 Å². The van der Waals surface area contributed by atoms with Gasteiger partial charge in [0.15, 0.2) is 0 Å². The lowest BCUT2D eigenvalue weighted by molar-refractivity contribution is -0.145. The van der Waals surface area contributed by atoms with E-state index in [9.17, 15) is 14.7 Å². The fourth-order valence-corrected chi connectivity index (χ4v) is 3.18. The number of hydrogen-bond acceptors (Lipinski definition) is 3. The maximum atomic E-state index is 12.6. The monoisotopic (exact) mass is 318 g/mol. The molecular formula is C18H26N2O3. The van der Waals surface area contributed by atoms with Crippen LogP contribution in [0.2, 0.25) is 0 Å². The van der Waals surface area contributed by atoms with Crippen molar-refractivity contribution in [1.29, 1.82) is 0 Å². The number of nitrogens with one attached hydrogen (secondary N) is 1. The van der Waals surface area contributed by atoms with Crippen LogP contribution in [0.1, 0.15) is 31.4 Å². The van der Waals surface area contributed by atoms with Gasteiger partial charge in [0.1, 0.15) is 0 Å². The Morgan fingerprint density at radius 1 is 1.30 bits per heavy atom. The first-order valence-corrected chi connectivity index (χ1v) is 8.13. The van der Waals surface area contributed by atoms with Crippen molar-refractivity contribution >= 4 is 17.6 Å². The van der Waals surface area contributed by atoms with Crippen molar-refractivity contribution in [2.45, 2.75) is 40.2 Å². The highest BCUT2D eigenvalue weighted by molar-refractivity contribution is 5.95. The van der Waals surface area contributed by atoms with Crippen LogP contribution in [0.15, 0.2) is 18.2 Å². The highest BCUT2D eigenvalue weighted by Crippen LogP contribution is 2.24. The van der Waals surface area contributed by atoms with Crippen LogP contribution < -0.4 is 5.32 Å². The molecule has 3 atom stereocenters. The smallest absolute Gasteiger partial charge is 0.307 e. The number of carbonyl (C=O) groups is 2. The van der Waals surface area contributed by atoms with E-state index in [1.165, 1.54) is 0 Å². The number of aryl methyl sites for hydroxylation is 1. The number of carboxylic acids is 1. The molecule has 1 aliphatic rings. The number of anilines is 1. The Morgan fingerprint density at radius 2 is 2.00 bits per heavy atom. The molecule has 0 spiro atoms. The standard InChI is InChI=1S/C18H26N2O3/c1-11-8-15(18(22)23)10-20(9-11)14(4)17(21)19-16-7-5-6-12(2)13(16)3/h5-7,11,14-15H,8-10H2,1-4H3,(H,19,21)(H,22,23). The quantitative estimate of drug-likeness (QED) is 0.895. The van der Waals surface area contributed by atoms with Crippen LogP contribution in [-0.4, -0.2) is 41.0 Å². The molecule has 0 aliphatic carbocycles. The van der Waals surface area contributed by atoms with Crippen molar-refractivity contribution in [1.82, 2.24) is 4.90 Å². The van der Waals surface area contributed by atoms with Gasteiger partial charge >= 0.3 is 5.97 Å². The zero-order chi connectivity index (χ0) is 17.1. The van der Waals surface area contributed by atoms with E-state index >= 15 is 0 Å². The molecule has 5 heteroatoms. The second-order valence-corrected chi connectivity index (χ2v) is 6.74. The molecule has 0 saturated carbocycles. The number of hydrogen-bond donors (Lipinski definition) is 2. The summed E-state index contributed by atoms with van der Waals surface area (Å²) < 4.78 is 0. The number of likely N-dealkylation sites (tertiary alicyclic amines) is 1. The summed E-state index contributed by atoms with van der Waals surface area (Å²) in [7, 11) is 0. The highest BCUT2D eigenvalue weighted by Gasteiger charge is 2.33. The summed E-state index contributed by atoms with van der Waals surface area (Å²) in [6.07, 6.45) is 0.678. The Morgan fingerprint density at radius 3 is 2.65 bits per heavy atom. The Kier molecular flexibility index (Phi) is 5.42. The van der Waals surface area contributed by atoms with E-state index in [1.54, 1.807) is 0 Å². The molecule has 1 fully saturated rings. The molecule has 1 aliphatic heterocycles. The van der Waals surface area contributed by atoms with E-state index in [2.05, 4.69) is 5.32 Å². The lowest BCUT2D eigenvalue weighted by Crippen LogP contribution is -2.50. The molecular weight excluding hydrogens is 292 g/mol. The average molecular weight is 318 g/mol. The van der Waals surface area contributed by atoms with E-state index in [-0.39, 0.29) is 17.9 Å². The molecule has 0 bridgehead atoms. The van der Waals surface area contributed by atoms with E-state index in [0.717, 1.165) is 23.4 Å². The Bertz CT molecular complexity index is 600. The zero-order valence-electron chi connectivity index (χ0n) is 14.3. The van der Waals surface area contributed by atoms with Crippen LogP contribution >= 0.6 is 0 Å².